The minimum absolute atomic E-state index is 0.0736. The lowest BCUT2D eigenvalue weighted by Gasteiger charge is -2.19. The molecule has 1 aliphatic heterocycles. The molecule has 1 heterocycles. The number of benzene rings is 2. The normalized spacial score (nSPS) is 23.5. The van der Waals surface area contributed by atoms with Gasteiger partial charge in [0, 0.05) is 25.2 Å². The van der Waals surface area contributed by atoms with Crippen molar-refractivity contribution in [1.82, 2.24) is 4.90 Å². The van der Waals surface area contributed by atoms with Crippen LogP contribution in [-0.4, -0.2) is 47.8 Å². The van der Waals surface area contributed by atoms with Crippen molar-refractivity contribution in [2.24, 2.45) is 11.8 Å². The minimum atomic E-state index is -0.754. The number of amides is 1. The van der Waals surface area contributed by atoms with Gasteiger partial charge in [-0.15, -0.1) is 0 Å². The molecule has 3 atom stereocenters. The van der Waals surface area contributed by atoms with Crippen LogP contribution in [0, 0.1) is 11.8 Å². The quantitative estimate of drug-likeness (QED) is 0.772. The predicted octanol–water partition coefficient (Wildman–Crippen LogP) is 4.09. The number of carbonyl (C=O) groups excluding carboxylic acids is 1. The zero-order valence-electron chi connectivity index (χ0n) is 16.3. The third-order valence-electron chi connectivity index (χ3n) is 5.95. The van der Waals surface area contributed by atoms with E-state index < -0.39 is 12.1 Å². The van der Waals surface area contributed by atoms with Gasteiger partial charge < -0.3 is 14.7 Å². The van der Waals surface area contributed by atoms with Crippen molar-refractivity contribution >= 4 is 17.7 Å². The van der Waals surface area contributed by atoms with Gasteiger partial charge in [0.25, 0.3) is 0 Å². The molecule has 6 heteroatoms. The summed E-state index contributed by atoms with van der Waals surface area (Å²) in [5.41, 5.74) is 2.74. The van der Waals surface area contributed by atoms with Gasteiger partial charge in [-0.3, -0.25) is 10.1 Å². The number of aliphatic carboxylic acids is 1. The van der Waals surface area contributed by atoms with E-state index in [9.17, 15) is 9.59 Å². The molecule has 0 spiro atoms. The van der Waals surface area contributed by atoms with E-state index in [-0.39, 0.29) is 12.5 Å². The van der Waals surface area contributed by atoms with Crippen LogP contribution >= 0.6 is 0 Å². The second-order valence-corrected chi connectivity index (χ2v) is 7.96. The molecule has 1 amide bonds. The van der Waals surface area contributed by atoms with Gasteiger partial charge in [-0.25, -0.2) is 4.79 Å². The Labute approximate surface area is 170 Å². The molecule has 1 saturated carbocycles. The summed E-state index contributed by atoms with van der Waals surface area (Å²) < 4.78 is 5.71. The first-order valence-electron chi connectivity index (χ1n) is 10.1. The van der Waals surface area contributed by atoms with Gasteiger partial charge in [0.2, 0.25) is 0 Å². The van der Waals surface area contributed by atoms with Gasteiger partial charge in [-0.2, -0.15) is 0 Å². The molecule has 4 rings (SSSR count). The molecule has 2 aromatic rings. The van der Waals surface area contributed by atoms with Crippen LogP contribution in [0.4, 0.5) is 10.5 Å². The number of hydrogen-bond donors (Lipinski definition) is 2. The molecule has 2 fully saturated rings. The van der Waals surface area contributed by atoms with Crippen LogP contribution in [0.2, 0.25) is 0 Å². The highest BCUT2D eigenvalue weighted by Crippen LogP contribution is 2.39. The largest absolute Gasteiger partial charge is 0.481 e. The maximum Gasteiger partial charge on any atom is 0.411 e. The smallest absolute Gasteiger partial charge is 0.411 e. The number of hydrogen-bond acceptors (Lipinski definition) is 4. The van der Waals surface area contributed by atoms with Crippen molar-refractivity contribution < 1.29 is 19.4 Å². The van der Waals surface area contributed by atoms with Crippen LogP contribution in [0.5, 0.6) is 0 Å². The molecule has 29 heavy (non-hydrogen) atoms. The van der Waals surface area contributed by atoms with Gasteiger partial charge in [0.05, 0.1) is 12.1 Å². The van der Waals surface area contributed by atoms with Gasteiger partial charge in [-0.1, -0.05) is 48.5 Å². The second kappa shape index (κ2) is 8.66. The number of carboxylic acids is 1. The Morgan fingerprint density at radius 1 is 1.00 bits per heavy atom. The number of ether oxygens (including phenoxy) is 1. The maximum atomic E-state index is 12.5. The number of likely N-dealkylation sites (tertiary alicyclic amines) is 1. The zero-order valence-corrected chi connectivity index (χ0v) is 16.3. The van der Waals surface area contributed by atoms with E-state index in [0.29, 0.717) is 18.4 Å². The van der Waals surface area contributed by atoms with Crippen LogP contribution in [0.25, 0.3) is 11.1 Å². The lowest BCUT2D eigenvalue weighted by Crippen LogP contribution is -2.27. The Hall–Kier alpha value is -2.86. The van der Waals surface area contributed by atoms with E-state index in [0.717, 1.165) is 42.7 Å². The maximum absolute atomic E-state index is 12.5. The molecule has 6 nitrogen and oxygen atoms in total. The highest BCUT2D eigenvalue weighted by molar-refractivity contribution is 5.91. The molecule has 2 N–H and O–H groups in total. The number of carboxylic acid groups (broad SMARTS) is 1. The average molecular weight is 394 g/mol. The average Bonchev–Trinajstić information content (AvgIpc) is 3.25. The molecular formula is C23H26N2O4. The van der Waals surface area contributed by atoms with E-state index in [1.165, 1.54) is 0 Å². The van der Waals surface area contributed by atoms with E-state index >= 15 is 0 Å². The topological polar surface area (TPSA) is 78.9 Å². The molecular weight excluding hydrogens is 368 g/mol. The lowest BCUT2D eigenvalue weighted by molar-refractivity contribution is -0.137. The summed E-state index contributed by atoms with van der Waals surface area (Å²) in [6, 6.07) is 17.7. The molecule has 2 aromatic carbocycles. The monoisotopic (exact) mass is 394 g/mol. The summed E-state index contributed by atoms with van der Waals surface area (Å²) >= 11 is 0. The fourth-order valence-electron chi connectivity index (χ4n) is 4.63. The van der Waals surface area contributed by atoms with Crippen molar-refractivity contribution in [3.63, 3.8) is 0 Å². The summed E-state index contributed by atoms with van der Waals surface area (Å²) in [5, 5.41) is 11.7. The van der Waals surface area contributed by atoms with Crippen molar-refractivity contribution in [2.45, 2.75) is 25.4 Å². The number of nitrogens with zero attached hydrogens (tertiary/aromatic N) is 1. The number of fused-ring (bicyclic) bond motifs is 1. The Balaban J connectivity index is 1.31. The first kappa shape index (κ1) is 19.5. The zero-order chi connectivity index (χ0) is 20.2. The summed E-state index contributed by atoms with van der Waals surface area (Å²) in [4.78, 5) is 25.5. The molecule has 1 unspecified atom stereocenters. The number of anilines is 1. The molecule has 1 aliphatic carbocycles. The summed E-state index contributed by atoms with van der Waals surface area (Å²) in [6.45, 7) is 2.40. The molecule has 2 aliphatic rings. The van der Waals surface area contributed by atoms with Crippen molar-refractivity contribution in [2.75, 3.05) is 25.0 Å². The van der Waals surface area contributed by atoms with Crippen LogP contribution in [0.1, 0.15) is 19.3 Å². The Kier molecular flexibility index (Phi) is 5.81. The molecule has 0 aromatic heterocycles. The van der Waals surface area contributed by atoms with E-state index in [1.807, 2.05) is 54.6 Å². The Morgan fingerprint density at radius 3 is 2.34 bits per heavy atom. The Morgan fingerprint density at radius 2 is 1.66 bits per heavy atom. The minimum Gasteiger partial charge on any atom is -0.481 e. The highest BCUT2D eigenvalue weighted by Gasteiger charge is 2.42. The van der Waals surface area contributed by atoms with Gasteiger partial charge >= 0.3 is 12.1 Å². The number of nitrogens with one attached hydrogen (secondary N) is 1. The first-order valence-corrected chi connectivity index (χ1v) is 10.1. The van der Waals surface area contributed by atoms with Crippen LogP contribution in [0.15, 0.2) is 54.6 Å². The molecule has 1 saturated heterocycles. The standard InChI is InChI=1S/C23H26N2O4/c26-22(27)10-11-25-14-17-12-19(13-18(17)15-25)29-23(28)24-21-9-5-4-8-20(21)16-6-2-1-3-7-16/h1-9,17-19H,10-15H2,(H,24,28)(H,26,27)/t17-,18+,19?. The molecule has 0 bridgehead atoms. The van der Waals surface area contributed by atoms with E-state index in [2.05, 4.69) is 10.2 Å². The summed E-state index contributed by atoms with van der Waals surface area (Å²) in [6.07, 6.45) is 1.39. The van der Waals surface area contributed by atoms with Gasteiger partial charge in [-0.05, 0) is 36.3 Å². The van der Waals surface area contributed by atoms with Crippen LogP contribution in [0.3, 0.4) is 0 Å². The third kappa shape index (κ3) is 4.77. The number of carbonyl (C=O) groups is 2. The van der Waals surface area contributed by atoms with E-state index in [4.69, 9.17) is 9.84 Å². The SMILES string of the molecule is O=C(O)CCN1C[C@H]2CC(OC(=O)Nc3ccccc3-c3ccccc3)C[C@H]2C1. The molecule has 152 valence electrons. The fraction of sp³-hybridized carbons (Fsp3) is 0.391. The molecule has 0 radical (unpaired) electrons. The van der Waals surface area contributed by atoms with Crippen LogP contribution < -0.4 is 5.32 Å². The van der Waals surface area contributed by atoms with Crippen molar-refractivity contribution in [1.29, 1.82) is 0 Å². The number of rotatable bonds is 6. The number of para-hydroxylation sites is 1. The van der Waals surface area contributed by atoms with Gasteiger partial charge in [0.1, 0.15) is 6.10 Å². The summed E-state index contributed by atoms with van der Waals surface area (Å²) in [7, 11) is 0. The lowest BCUT2D eigenvalue weighted by atomic mass is 10.0. The van der Waals surface area contributed by atoms with Crippen molar-refractivity contribution in [3.8, 4) is 11.1 Å². The van der Waals surface area contributed by atoms with E-state index in [1.54, 1.807) is 0 Å². The first-order chi connectivity index (χ1) is 14.1. The second-order valence-electron chi connectivity index (χ2n) is 7.96. The van der Waals surface area contributed by atoms with Crippen molar-refractivity contribution in [3.05, 3.63) is 54.6 Å². The Bertz CT molecular complexity index is 856. The highest BCUT2D eigenvalue weighted by atomic mass is 16.6. The predicted molar refractivity (Wildman–Crippen MR) is 111 cm³/mol. The van der Waals surface area contributed by atoms with Crippen LogP contribution in [-0.2, 0) is 9.53 Å². The summed E-state index contributed by atoms with van der Waals surface area (Å²) in [5.74, 6) is 0.215. The fourth-order valence-corrected chi connectivity index (χ4v) is 4.63. The van der Waals surface area contributed by atoms with Gasteiger partial charge in [0.15, 0.2) is 0 Å². The third-order valence-corrected chi connectivity index (χ3v) is 5.95.